The Morgan fingerprint density at radius 3 is 2.63 bits per heavy atom. The minimum Gasteiger partial charge on any atom is -0.378 e. The van der Waals surface area contributed by atoms with Gasteiger partial charge in [-0.1, -0.05) is 12.1 Å². The minimum atomic E-state index is -0.393. The van der Waals surface area contributed by atoms with E-state index >= 15 is 0 Å². The summed E-state index contributed by atoms with van der Waals surface area (Å²) in [6.45, 7) is 5.35. The van der Waals surface area contributed by atoms with E-state index in [1.807, 2.05) is 30.8 Å². The molecule has 0 radical (unpaired) electrons. The van der Waals surface area contributed by atoms with Crippen molar-refractivity contribution >= 4 is 33.8 Å². The number of ether oxygens (including phenoxy) is 1. The second kappa shape index (κ2) is 9.15. The molecule has 2 aromatic carbocycles. The zero-order chi connectivity index (χ0) is 25.9. The third kappa shape index (κ3) is 4.08. The van der Waals surface area contributed by atoms with Crippen LogP contribution in [0.2, 0.25) is 0 Å². The van der Waals surface area contributed by atoms with Crippen LogP contribution in [0.15, 0.2) is 60.2 Å². The van der Waals surface area contributed by atoms with Gasteiger partial charge in [0.2, 0.25) is 0 Å². The number of fused-ring (bicyclic) bond motifs is 3. The lowest BCUT2D eigenvalue weighted by Crippen LogP contribution is -2.63. The molecule has 2 aliphatic heterocycles. The normalized spacial score (nSPS) is 22.4. The van der Waals surface area contributed by atoms with Crippen LogP contribution in [0.3, 0.4) is 0 Å². The molecule has 2 atom stereocenters. The quantitative estimate of drug-likeness (QED) is 0.411. The summed E-state index contributed by atoms with van der Waals surface area (Å²) in [4.78, 5) is 27.9. The molecule has 4 heterocycles. The Morgan fingerprint density at radius 2 is 1.89 bits per heavy atom. The van der Waals surface area contributed by atoms with Crippen LogP contribution < -0.4 is 10.2 Å². The number of amides is 1. The molecule has 2 aromatic heterocycles. The molecule has 4 aromatic rings. The van der Waals surface area contributed by atoms with Crippen LogP contribution in [0, 0.1) is 6.92 Å². The topological polar surface area (TPSA) is 70.6 Å². The van der Waals surface area contributed by atoms with E-state index in [2.05, 4.69) is 68.5 Å². The van der Waals surface area contributed by atoms with E-state index in [0.717, 1.165) is 83.0 Å². The van der Waals surface area contributed by atoms with Gasteiger partial charge in [-0.3, -0.25) is 14.7 Å². The molecule has 1 N–H and O–H groups in total. The number of morpholine rings is 1. The molecule has 2 saturated heterocycles. The fourth-order valence-electron chi connectivity index (χ4n) is 6.02. The number of carbonyl (C=O) groups is 1. The predicted octanol–water partition coefficient (Wildman–Crippen LogP) is 4.61. The smallest absolute Gasteiger partial charge is 0.252 e. The SMILES string of the molecule is Cc1ccc(N2CC3COCC(C2)N3C)cc1C(=O)NC1(c2cc(-c3nccs3)cc3ncccc23)CC1. The first kappa shape index (κ1) is 23.8. The summed E-state index contributed by atoms with van der Waals surface area (Å²) in [5.41, 5.74) is 5.55. The lowest BCUT2D eigenvalue weighted by atomic mass is 9.95. The van der Waals surface area contributed by atoms with Crippen LogP contribution in [0.5, 0.6) is 0 Å². The summed E-state index contributed by atoms with van der Waals surface area (Å²) in [5, 5.41) is 7.49. The number of hydrogen-bond donors (Lipinski definition) is 1. The van der Waals surface area contributed by atoms with E-state index in [1.165, 1.54) is 0 Å². The number of piperazine rings is 1. The average molecular weight is 526 g/mol. The maximum Gasteiger partial charge on any atom is 0.252 e. The number of benzene rings is 2. The Labute approximate surface area is 226 Å². The lowest BCUT2D eigenvalue weighted by molar-refractivity contribution is -0.0439. The van der Waals surface area contributed by atoms with Crippen molar-refractivity contribution in [1.29, 1.82) is 0 Å². The van der Waals surface area contributed by atoms with Crippen LogP contribution in [0.25, 0.3) is 21.5 Å². The first-order valence-electron chi connectivity index (χ1n) is 13.3. The van der Waals surface area contributed by atoms with Crippen molar-refractivity contribution in [3.8, 4) is 10.6 Å². The molecule has 0 spiro atoms. The van der Waals surface area contributed by atoms with Crippen molar-refractivity contribution in [3.05, 3.63) is 76.9 Å². The highest BCUT2D eigenvalue weighted by atomic mass is 32.1. The highest BCUT2D eigenvalue weighted by Crippen LogP contribution is 2.49. The summed E-state index contributed by atoms with van der Waals surface area (Å²) < 4.78 is 5.80. The number of nitrogens with one attached hydrogen (secondary N) is 1. The van der Waals surface area contributed by atoms with Crippen LogP contribution >= 0.6 is 11.3 Å². The molecule has 7 rings (SSSR count). The van der Waals surface area contributed by atoms with Crippen LogP contribution in [-0.4, -0.2) is 66.2 Å². The highest BCUT2D eigenvalue weighted by Gasteiger charge is 2.47. The summed E-state index contributed by atoms with van der Waals surface area (Å²) >= 11 is 1.62. The van der Waals surface area contributed by atoms with Gasteiger partial charge in [0.05, 0.1) is 36.4 Å². The highest BCUT2D eigenvalue weighted by molar-refractivity contribution is 7.13. The first-order valence-corrected chi connectivity index (χ1v) is 14.2. The second-order valence-electron chi connectivity index (χ2n) is 10.9. The third-order valence-electron chi connectivity index (χ3n) is 8.48. The first-order chi connectivity index (χ1) is 18.5. The number of rotatable bonds is 5. The van der Waals surface area contributed by atoms with Crippen LogP contribution in [0.4, 0.5) is 5.69 Å². The van der Waals surface area contributed by atoms with Crippen molar-refractivity contribution in [1.82, 2.24) is 20.2 Å². The fourth-order valence-corrected chi connectivity index (χ4v) is 6.65. The Bertz CT molecular complexity index is 1500. The number of pyridine rings is 1. The summed E-state index contributed by atoms with van der Waals surface area (Å²) in [7, 11) is 2.20. The summed E-state index contributed by atoms with van der Waals surface area (Å²) in [6, 6.07) is 15.4. The zero-order valence-electron chi connectivity index (χ0n) is 21.7. The van der Waals surface area contributed by atoms with Gasteiger partial charge < -0.3 is 15.0 Å². The molecule has 3 aliphatic rings. The van der Waals surface area contributed by atoms with Gasteiger partial charge in [-0.2, -0.15) is 0 Å². The van der Waals surface area contributed by atoms with Gasteiger partial charge in [0.15, 0.2) is 0 Å². The predicted molar refractivity (Wildman–Crippen MR) is 151 cm³/mol. The van der Waals surface area contributed by atoms with Gasteiger partial charge >= 0.3 is 0 Å². The Balaban J connectivity index is 1.20. The van der Waals surface area contributed by atoms with Gasteiger partial charge in [0.25, 0.3) is 5.91 Å². The largest absolute Gasteiger partial charge is 0.378 e. The van der Waals surface area contributed by atoms with Crippen molar-refractivity contribution in [3.63, 3.8) is 0 Å². The number of aryl methyl sites for hydroxylation is 1. The van der Waals surface area contributed by atoms with Gasteiger partial charge in [0.1, 0.15) is 5.01 Å². The van der Waals surface area contributed by atoms with Crippen molar-refractivity contribution in [2.45, 2.75) is 37.4 Å². The van der Waals surface area contributed by atoms with Gasteiger partial charge in [0, 0.05) is 53.1 Å². The Morgan fingerprint density at radius 1 is 1.08 bits per heavy atom. The van der Waals surface area contributed by atoms with Crippen molar-refractivity contribution < 1.29 is 9.53 Å². The standard InChI is InChI=1S/C30H31N5O2S/c1-19-5-6-21(35-15-22-17-37-18-23(16-35)34(22)2)14-25(19)28(36)33-30(7-8-30)26-12-20(29-32-10-11-38-29)13-27-24(26)4-3-9-31-27/h3-6,9-14,22-23H,7-8,15-18H2,1-2H3,(H,33,36). The third-order valence-corrected chi connectivity index (χ3v) is 9.31. The molecule has 3 fully saturated rings. The van der Waals surface area contributed by atoms with E-state index in [9.17, 15) is 4.79 Å². The molecule has 1 aliphatic carbocycles. The average Bonchev–Trinajstić information content (AvgIpc) is 3.47. The van der Waals surface area contributed by atoms with E-state index in [-0.39, 0.29) is 5.91 Å². The molecule has 38 heavy (non-hydrogen) atoms. The maximum atomic E-state index is 13.8. The Kier molecular flexibility index (Phi) is 5.72. The Hall–Kier alpha value is -3.33. The summed E-state index contributed by atoms with van der Waals surface area (Å²) in [6.07, 6.45) is 5.46. The second-order valence-corrected chi connectivity index (χ2v) is 11.8. The monoisotopic (exact) mass is 525 g/mol. The summed E-state index contributed by atoms with van der Waals surface area (Å²) in [5.74, 6) is -0.0174. The van der Waals surface area contributed by atoms with Gasteiger partial charge in [-0.25, -0.2) is 4.98 Å². The molecule has 1 amide bonds. The van der Waals surface area contributed by atoms with E-state index < -0.39 is 5.54 Å². The van der Waals surface area contributed by atoms with Gasteiger partial charge in [-0.15, -0.1) is 11.3 Å². The molecule has 7 nitrogen and oxygen atoms in total. The van der Waals surface area contributed by atoms with E-state index in [0.29, 0.717) is 12.1 Å². The minimum absolute atomic E-state index is 0.0174. The van der Waals surface area contributed by atoms with E-state index in [1.54, 1.807) is 11.3 Å². The lowest BCUT2D eigenvalue weighted by Gasteiger charge is -2.48. The van der Waals surface area contributed by atoms with Gasteiger partial charge in [-0.05, 0) is 68.3 Å². The molecule has 8 heteroatoms. The van der Waals surface area contributed by atoms with Crippen molar-refractivity contribution in [2.24, 2.45) is 0 Å². The zero-order valence-corrected chi connectivity index (χ0v) is 22.5. The van der Waals surface area contributed by atoms with Crippen LogP contribution in [0.1, 0.15) is 34.3 Å². The number of nitrogens with zero attached hydrogens (tertiary/aromatic N) is 4. The molecule has 2 bridgehead atoms. The number of anilines is 1. The molecule has 2 unspecified atom stereocenters. The molecule has 194 valence electrons. The number of carbonyl (C=O) groups excluding carboxylic acids is 1. The van der Waals surface area contributed by atoms with Crippen LogP contribution in [-0.2, 0) is 10.3 Å². The number of hydrogen-bond acceptors (Lipinski definition) is 7. The molecular weight excluding hydrogens is 494 g/mol. The maximum absolute atomic E-state index is 13.8. The fraction of sp³-hybridized carbons (Fsp3) is 0.367. The number of thiazole rings is 1. The van der Waals surface area contributed by atoms with Crippen molar-refractivity contribution in [2.75, 3.05) is 38.3 Å². The van der Waals surface area contributed by atoms with E-state index in [4.69, 9.17) is 4.74 Å². The molecule has 1 saturated carbocycles. The molecular formula is C30H31N5O2S. The number of aromatic nitrogens is 2. The number of likely N-dealkylation sites (N-methyl/N-ethyl adjacent to an activating group) is 1.